The monoisotopic (exact) mass is 358 g/mol. The van der Waals surface area contributed by atoms with E-state index >= 15 is 0 Å². The van der Waals surface area contributed by atoms with Gasteiger partial charge < -0.3 is 10.2 Å². The molecular weight excluding hydrogens is 340 g/mol. The summed E-state index contributed by atoms with van der Waals surface area (Å²) < 4.78 is 0.994. The first-order valence-electron chi connectivity index (χ1n) is 6.94. The maximum atomic E-state index is 11.3. The van der Waals surface area contributed by atoms with Crippen molar-refractivity contribution in [1.29, 1.82) is 0 Å². The fraction of sp³-hybridized carbons (Fsp3) is 0.533. The van der Waals surface area contributed by atoms with Gasteiger partial charge in [0.1, 0.15) is 0 Å². The quantitative estimate of drug-likeness (QED) is 0.891. The fourth-order valence-corrected chi connectivity index (χ4v) is 3.49. The lowest BCUT2D eigenvalue weighted by Crippen LogP contribution is -2.44. The molecule has 1 saturated heterocycles. The van der Waals surface area contributed by atoms with Crippen LogP contribution in [0.4, 0.5) is 0 Å². The van der Waals surface area contributed by atoms with Crippen molar-refractivity contribution < 1.29 is 4.79 Å². The molecule has 0 aliphatic carbocycles. The normalized spacial score (nSPS) is 18.1. The van der Waals surface area contributed by atoms with Crippen molar-refractivity contribution in [2.24, 2.45) is 0 Å². The van der Waals surface area contributed by atoms with Gasteiger partial charge in [-0.15, -0.1) is 0 Å². The van der Waals surface area contributed by atoms with E-state index in [9.17, 15) is 4.79 Å². The van der Waals surface area contributed by atoms with Crippen LogP contribution in [0, 0.1) is 0 Å². The van der Waals surface area contributed by atoms with Gasteiger partial charge in [0.15, 0.2) is 0 Å². The second kappa shape index (κ2) is 6.92. The topological polar surface area (TPSA) is 32.3 Å². The van der Waals surface area contributed by atoms with Crippen molar-refractivity contribution in [3.05, 3.63) is 33.3 Å². The first-order chi connectivity index (χ1) is 9.47. The Bertz CT molecular complexity index is 487. The molecule has 5 heteroatoms. The van der Waals surface area contributed by atoms with E-state index in [2.05, 4.69) is 34.2 Å². The van der Waals surface area contributed by atoms with Crippen molar-refractivity contribution >= 4 is 33.4 Å². The van der Waals surface area contributed by atoms with Gasteiger partial charge >= 0.3 is 0 Å². The first kappa shape index (κ1) is 15.8. The number of amides is 1. The summed E-state index contributed by atoms with van der Waals surface area (Å²) in [7, 11) is 0. The highest BCUT2D eigenvalue weighted by atomic mass is 79.9. The smallest absolute Gasteiger partial charge is 0.219 e. The second-order valence-corrected chi connectivity index (χ2v) is 6.66. The predicted molar refractivity (Wildman–Crippen MR) is 86.0 cm³/mol. The van der Waals surface area contributed by atoms with Gasteiger partial charge in [0, 0.05) is 41.6 Å². The molecule has 1 heterocycles. The molecule has 1 aliphatic heterocycles. The number of hydrogen-bond acceptors (Lipinski definition) is 2. The second-order valence-electron chi connectivity index (χ2n) is 5.33. The van der Waals surface area contributed by atoms with Crippen molar-refractivity contribution in [3.8, 4) is 0 Å². The van der Waals surface area contributed by atoms with Gasteiger partial charge in [-0.3, -0.25) is 4.79 Å². The molecule has 1 aromatic carbocycles. The summed E-state index contributed by atoms with van der Waals surface area (Å²) in [6.45, 7) is 5.45. The van der Waals surface area contributed by atoms with E-state index in [1.54, 1.807) is 6.92 Å². The van der Waals surface area contributed by atoms with Crippen LogP contribution in [0.5, 0.6) is 0 Å². The average Bonchev–Trinajstić information content (AvgIpc) is 2.39. The predicted octanol–water partition coefficient (Wildman–Crippen LogP) is 3.76. The molecule has 1 N–H and O–H groups in total. The largest absolute Gasteiger partial charge is 0.343 e. The summed E-state index contributed by atoms with van der Waals surface area (Å²) in [5.41, 5.74) is 1.11. The van der Waals surface area contributed by atoms with Crippen LogP contribution < -0.4 is 5.32 Å². The molecule has 1 unspecified atom stereocenters. The molecular formula is C15H20BrClN2O. The summed E-state index contributed by atoms with van der Waals surface area (Å²) >= 11 is 9.71. The number of piperidine rings is 1. The molecule has 3 nitrogen and oxygen atoms in total. The third-order valence-corrected chi connectivity index (χ3v) is 4.68. The van der Waals surface area contributed by atoms with Gasteiger partial charge in [-0.2, -0.15) is 0 Å². The minimum absolute atomic E-state index is 0.174. The van der Waals surface area contributed by atoms with Crippen molar-refractivity contribution in [2.75, 3.05) is 13.1 Å². The van der Waals surface area contributed by atoms with Crippen molar-refractivity contribution in [2.45, 2.75) is 38.8 Å². The number of carbonyl (C=O) groups is 1. The molecule has 2 rings (SSSR count). The van der Waals surface area contributed by atoms with E-state index in [-0.39, 0.29) is 11.9 Å². The van der Waals surface area contributed by atoms with Gasteiger partial charge in [0.2, 0.25) is 5.91 Å². The molecule has 0 aromatic heterocycles. The Morgan fingerprint density at radius 2 is 2.10 bits per heavy atom. The van der Waals surface area contributed by atoms with E-state index in [1.165, 1.54) is 0 Å². The summed E-state index contributed by atoms with van der Waals surface area (Å²) in [6.07, 6.45) is 2.00. The van der Waals surface area contributed by atoms with Gasteiger partial charge in [-0.05, 0) is 37.5 Å². The van der Waals surface area contributed by atoms with Crippen molar-refractivity contribution in [1.82, 2.24) is 10.2 Å². The third-order valence-electron chi connectivity index (χ3n) is 3.85. The lowest BCUT2D eigenvalue weighted by atomic mass is 10.0. The summed E-state index contributed by atoms with van der Waals surface area (Å²) in [5, 5.41) is 4.40. The lowest BCUT2D eigenvalue weighted by molar-refractivity contribution is -0.129. The Labute approximate surface area is 133 Å². The van der Waals surface area contributed by atoms with Crippen LogP contribution in [0.25, 0.3) is 0 Å². The highest BCUT2D eigenvalue weighted by Crippen LogP contribution is 2.27. The number of rotatable bonds is 3. The minimum Gasteiger partial charge on any atom is -0.343 e. The standard InChI is InChI=1S/C15H20BrClN2O/c1-10(14-4-3-12(16)9-15(14)17)18-13-5-7-19(8-6-13)11(2)20/h3-4,9-10,13,18H,5-8H2,1-2H3. The summed E-state index contributed by atoms with van der Waals surface area (Å²) in [6, 6.07) is 6.64. The molecule has 0 radical (unpaired) electrons. The van der Waals surface area contributed by atoms with Crippen LogP contribution >= 0.6 is 27.5 Å². The number of nitrogens with zero attached hydrogens (tertiary/aromatic N) is 1. The van der Waals surface area contributed by atoms with Gasteiger partial charge in [-0.1, -0.05) is 33.6 Å². The Balaban J connectivity index is 1.92. The molecule has 1 amide bonds. The zero-order valence-electron chi connectivity index (χ0n) is 11.8. The Morgan fingerprint density at radius 3 is 2.65 bits per heavy atom. The molecule has 0 bridgehead atoms. The van der Waals surface area contributed by atoms with Crippen LogP contribution in [0.3, 0.4) is 0 Å². The third kappa shape index (κ3) is 3.96. The summed E-state index contributed by atoms with van der Waals surface area (Å²) in [5.74, 6) is 0.174. The minimum atomic E-state index is 0.174. The molecule has 0 saturated carbocycles. The van der Waals surface area contributed by atoms with E-state index in [0.29, 0.717) is 6.04 Å². The number of halogens is 2. The number of likely N-dealkylation sites (tertiary alicyclic amines) is 1. The Hall–Kier alpha value is -0.580. The Kier molecular flexibility index (Phi) is 5.47. The Morgan fingerprint density at radius 1 is 1.45 bits per heavy atom. The van der Waals surface area contributed by atoms with Crippen LogP contribution in [0.15, 0.2) is 22.7 Å². The van der Waals surface area contributed by atoms with Crippen LogP contribution in [0.1, 0.15) is 38.3 Å². The zero-order valence-corrected chi connectivity index (χ0v) is 14.2. The fourth-order valence-electron chi connectivity index (χ4n) is 2.66. The van der Waals surface area contributed by atoms with Crippen LogP contribution in [-0.4, -0.2) is 29.9 Å². The molecule has 110 valence electrons. The average molecular weight is 360 g/mol. The molecule has 1 aromatic rings. The summed E-state index contributed by atoms with van der Waals surface area (Å²) in [4.78, 5) is 13.2. The number of carbonyl (C=O) groups excluding carboxylic acids is 1. The van der Waals surface area contributed by atoms with E-state index in [1.807, 2.05) is 17.0 Å². The molecule has 1 fully saturated rings. The molecule has 1 aliphatic rings. The maximum Gasteiger partial charge on any atom is 0.219 e. The number of hydrogen-bond donors (Lipinski definition) is 1. The maximum absolute atomic E-state index is 11.3. The zero-order chi connectivity index (χ0) is 14.7. The highest BCUT2D eigenvalue weighted by molar-refractivity contribution is 9.10. The first-order valence-corrected chi connectivity index (χ1v) is 8.11. The van der Waals surface area contributed by atoms with Crippen LogP contribution in [-0.2, 0) is 4.79 Å². The van der Waals surface area contributed by atoms with Gasteiger partial charge in [0.25, 0.3) is 0 Å². The highest BCUT2D eigenvalue weighted by Gasteiger charge is 2.22. The van der Waals surface area contributed by atoms with E-state index < -0.39 is 0 Å². The number of benzene rings is 1. The molecule has 20 heavy (non-hydrogen) atoms. The van der Waals surface area contributed by atoms with E-state index in [0.717, 1.165) is 41.0 Å². The van der Waals surface area contributed by atoms with E-state index in [4.69, 9.17) is 11.6 Å². The SMILES string of the molecule is CC(=O)N1CCC(NC(C)c2ccc(Br)cc2Cl)CC1. The molecule has 1 atom stereocenters. The van der Waals surface area contributed by atoms with Gasteiger partial charge in [-0.25, -0.2) is 0 Å². The lowest BCUT2D eigenvalue weighted by Gasteiger charge is -2.33. The van der Waals surface area contributed by atoms with Gasteiger partial charge in [0.05, 0.1) is 0 Å². The van der Waals surface area contributed by atoms with Crippen LogP contribution in [0.2, 0.25) is 5.02 Å². The molecule has 0 spiro atoms. The van der Waals surface area contributed by atoms with Crippen molar-refractivity contribution in [3.63, 3.8) is 0 Å². The number of nitrogens with one attached hydrogen (secondary N) is 1.